The zero-order chi connectivity index (χ0) is 17.0. The van der Waals surface area contributed by atoms with Gasteiger partial charge in [0.1, 0.15) is 5.60 Å². The van der Waals surface area contributed by atoms with Gasteiger partial charge in [-0.05, 0) is 39.0 Å². The molecule has 1 heterocycles. The summed E-state index contributed by atoms with van der Waals surface area (Å²) < 4.78 is 5.37. The lowest BCUT2D eigenvalue weighted by Crippen LogP contribution is -2.50. The molecule has 0 unspecified atom stereocenters. The molecule has 122 valence electrons. The van der Waals surface area contributed by atoms with Crippen molar-refractivity contribution in [2.45, 2.75) is 26.4 Å². The molecule has 0 saturated carbocycles. The number of carbonyl (C=O) groups is 2. The number of nitriles is 1. The molecule has 0 spiro atoms. The van der Waals surface area contributed by atoms with Crippen LogP contribution in [-0.4, -0.2) is 49.1 Å². The summed E-state index contributed by atoms with van der Waals surface area (Å²) in [6.07, 6.45) is 0.448. The first-order valence-electron chi connectivity index (χ1n) is 7.56. The molecule has 1 aromatic rings. The predicted octanol–water partition coefficient (Wildman–Crippen LogP) is 2.43. The normalized spacial score (nSPS) is 15.0. The van der Waals surface area contributed by atoms with E-state index in [1.54, 1.807) is 23.1 Å². The SMILES string of the molecule is CC(C)(C)OC(=O)N1CCN(c2ccc(C#N)cc2C=O)CC1. The summed E-state index contributed by atoms with van der Waals surface area (Å²) in [7, 11) is 0. The van der Waals surface area contributed by atoms with Gasteiger partial charge in [0.15, 0.2) is 6.29 Å². The van der Waals surface area contributed by atoms with Crippen LogP contribution in [0, 0.1) is 11.3 Å². The number of hydrogen-bond donors (Lipinski definition) is 0. The highest BCUT2D eigenvalue weighted by Gasteiger charge is 2.26. The van der Waals surface area contributed by atoms with Crippen LogP contribution in [0.5, 0.6) is 0 Å². The second-order valence-corrected chi connectivity index (χ2v) is 6.46. The van der Waals surface area contributed by atoms with E-state index in [-0.39, 0.29) is 6.09 Å². The van der Waals surface area contributed by atoms with E-state index in [1.807, 2.05) is 31.7 Å². The molecule has 1 aliphatic heterocycles. The van der Waals surface area contributed by atoms with Gasteiger partial charge in [0, 0.05) is 37.4 Å². The first-order valence-corrected chi connectivity index (χ1v) is 7.56. The number of hydrogen-bond acceptors (Lipinski definition) is 5. The lowest BCUT2D eigenvalue weighted by molar-refractivity contribution is 0.0240. The minimum Gasteiger partial charge on any atom is -0.444 e. The van der Waals surface area contributed by atoms with E-state index in [9.17, 15) is 9.59 Å². The number of amides is 1. The molecule has 0 bridgehead atoms. The summed E-state index contributed by atoms with van der Waals surface area (Å²) in [5.74, 6) is 0. The molecule has 6 nitrogen and oxygen atoms in total. The highest BCUT2D eigenvalue weighted by atomic mass is 16.6. The van der Waals surface area contributed by atoms with Crippen LogP contribution in [0.1, 0.15) is 36.7 Å². The van der Waals surface area contributed by atoms with E-state index in [0.717, 1.165) is 12.0 Å². The number of rotatable bonds is 2. The average molecular weight is 315 g/mol. The summed E-state index contributed by atoms with van der Waals surface area (Å²) in [5.41, 5.74) is 1.24. The maximum absolute atomic E-state index is 12.1. The fourth-order valence-electron chi connectivity index (χ4n) is 2.46. The number of anilines is 1. The molecular weight excluding hydrogens is 294 g/mol. The maximum Gasteiger partial charge on any atom is 0.410 e. The Bertz CT molecular complexity index is 635. The second kappa shape index (κ2) is 6.69. The van der Waals surface area contributed by atoms with E-state index < -0.39 is 5.60 Å². The lowest BCUT2D eigenvalue weighted by atomic mass is 10.1. The average Bonchev–Trinajstić information content (AvgIpc) is 2.52. The van der Waals surface area contributed by atoms with Crippen LogP contribution in [0.2, 0.25) is 0 Å². The van der Waals surface area contributed by atoms with Crippen molar-refractivity contribution in [3.05, 3.63) is 29.3 Å². The van der Waals surface area contributed by atoms with E-state index in [1.165, 1.54) is 0 Å². The molecule has 0 aliphatic carbocycles. The molecule has 1 fully saturated rings. The molecule has 1 saturated heterocycles. The summed E-state index contributed by atoms with van der Waals surface area (Å²) in [6.45, 7) is 7.83. The van der Waals surface area contributed by atoms with Gasteiger partial charge in [-0.3, -0.25) is 4.79 Å². The maximum atomic E-state index is 12.1. The monoisotopic (exact) mass is 315 g/mol. The quantitative estimate of drug-likeness (QED) is 0.784. The van der Waals surface area contributed by atoms with Crippen LogP contribution < -0.4 is 4.90 Å². The Kier molecular flexibility index (Phi) is 4.89. The number of aldehydes is 1. The van der Waals surface area contributed by atoms with Gasteiger partial charge in [-0.25, -0.2) is 4.79 Å². The smallest absolute Gasteiger partial charge is 0.410 e. The first-order chi connectivity index (χ1) is 10.8. The van der Waals surface area contributed by atoms with Gasteiger partial charge in [-0.2, -0.15) is 5.26 Å². The molecule has 2 rings (SSSR count). The summed E-state index contributed by atoms with van der Waals surface area (Å²) in [6, 6.07) is 7.09. The fraction of sp³-hybridized carbons (Fsp3) is 0.471. The third kappa shape index (κ3) is 4.22. The van der Waals surface area contributed by atoms with E-state index in [2.05, 4.69) is 0 Å². The zero-order valence-electron chi connectivity index (χ0n) is 13.7. The molecule has 0 aromatic heterocycles. The third-order valence-electron chi connectivity index (χ3n) is 3.56. The van der Waals surface area contributed by atoms with Crippen molar-refractivity contribution < 1.29 is 14.3 Å². The molecule has 23 heavy (non-hydrogen) atoms. The Balaban J connectivity index is 2.04. The number of ether oxygens (including phenoxy) is 1. The highest BCUT2D eigenvalue weighted by molar-refractivity contribution is 5.85. The largest absolute Gasteiger partial charge is 0.444 e. The first kappa shape index (κ1) is 16.8. The third-order valence-corrected chi connectivity index (χ3v) is 3.56. The Morgan fingerprint density at radius 3 is 2.43 bits per heavy atom. The van der Waals surface area contributed by atoms with Crippen LogP contribution in [0.25, 0.3) is 0 Å². The second-order valence-electron chi connectivity index (χ2n) is 6.46. The number of carbonyl (C=O) groups excluding carboxylic acids is 2. The molecule has 6 heteroatoms. The van der Waals surface area contributed by atoms with Gasteiger partial charge in [-0.1, -0.05) is 0 Å². The Labute approximate surface area is 136 Å². The minimum absolute atomic E-state index is 0.312. The molecule has 0 radical (unpaired) electrons. The standard InChI is InChI=1S/C17H21N3O3/c1-17(2,3)23-16(22)20-8-6-19(7-9-20)15-5-4-13(11-18)10-14(15)12-21/h4-5,10,12H,6-9H2,1-3H3. The van der Waals surface area contributed by atoms with Crippen LogP contribution in [0.3, 0.4) is 0 Å². The van der Waals surface area contributed by atoms with Crippen molar-refractivity contribution in [1.82, 2.24) is 4.90 Å². The minimum atomic E-state index is -0.508. The highest BCUT2D eigenvalue weighted by Crippen LogP contribution is 2.22. The van der Waals surface area contributed by atoms with Crippen LogP contribution >= 0.6 is 0 Å². The topological polar surface area (TPSA) is 73.6 Å². The van der Waals surface area contributed by atoms with Crippen LogP contribution in [0.15, 0.2) is 18.2 Å². The van der Waals surface area contributed by atoms with E-state index in [0.29, 0.717) is 37.3 Å². The Morgan fingerprint density at radius 1 is 1.26 bits per heavy atom. The summed E-state index contributed by atoms with van der Waals surface area (Å²) >= 11 is 0. The van der Waals surface area contributed by atoms with Crippen LogP contribution in [-0.2, 0) is 4.74 Å². The van der Waals surface area contributed by atoms with E-state index in [4.69, 9.17) is 10.00 Å². The van der Waals surface area contributed by atoms with Gasteiger partial charge < -0.3 is 14.5 Å². The lowest BCUT2D eigenvalue weighted by Gasteiger charge is -2.37. The Morgan fingerprint density at radius 2 is 1.91 bits per heavy atom. The molecule has 1 aliphatic rings. The summed E-state index contributed by atoms with van der Waals surface area (Å²) in [5, 5.41) is 8.91. The van der Waals surface area contributed by atoms with Crippen molar-refractivity contribution in [1.29, 1.82) is 5.26 Å². The Hall–Kier alpha value is -2.55. The van der Waals surface area contributed by atoms with Gasteiger partial charge in [0.25, 0.3) is 0 Å². The van der Waals surface area contributed by atoms with Crippen molar-refractivity contribution in [3.63, 3.8) is 0 Å². The molecule has 0 atom stereocenters. The van der Waals surface area contributed by atoms with Crippen LogP contribution in [0.4, 0.5) is 10.5 Å². The molecule has 1 aromatic carbocycles. The zero-order valence-corrected chi connectivity index (χ0v) is 13.7. The number of piperazine rings is 1. The van der Waals surface area contributed by atoms with Gasteiger partial charge in [0.05, 0.1) is 11.6 Å². The van der Waals surface area contributed by atoms with Crippen molar-refractivity contribution in [3.8, 4) is 6.07 Å². The molecule has 1 amide bonds. The van der Waals surface area contributed by atoms with Crippen molar-refractivity contribution in [2.24, 2.45) is 0 Å². The molecule has 0 N–H and O–H groups in total. The number of nitrogens with zero attached hydrogens (tertiary/aromatic N) is 3. The predicted molar refractivity (Wildman–Crippen MR) is 86.6 cm³/mol. The van der Waals surface area contributed by atoms with Crippen molar-refractivity contribution >= 4 is 18.1 Å². The fourth-order valence-corrected chi connectivity index (χ4v) is 2.46. The van der Waals surface area contributed by atoms with Gasteiger partial charge >= 0.3 is 6.09 Å². The van der Waals surface area contributed by atoms with Gasteiger partial charge in [-0.15, -0.1) is 0 Å². The molecular formula is C17H21N3O3. The van der Waals surface area contributed by atoms with Gasteiger partial charge in [0.2, 0.25) is 0 Å². The number of benzene rings is 1. The summed E-state index contributed by atoms with van der Waals surface area (Å²) in [4.78, 5) is 27.0. The van der Waals surface area contributed by atoms with Crippen molar-refractivity contribution in [2.75, 3.05) is 31.1 Å². The van der Waals surface area contributed by atoms with E-state index >= 15 is 0 Å².